The predicted molar refractivity (Wildman–Crippen MR) is 93.9 cm³/mol. The van der Waals surface area contributed by atoms with Gasteiger partial charge in [0.15, 0.2) is 0 Å². The first-order valence-electron chi connectivity index (χ1n) is 7.35. The third-order valence-electron chi connectivity index (χ3n) is 3.19. The van der Waals surface area contributed by atoms with E-state index in [-0.39, 0.29) is 16.5 Å². The lowest BCUT2D eigenvalue weighted by molar-refractivity contribution is -0.137. The summed E-state index contributed by atoms with van der Waals surface area (Å²) in [5.74, 6) is 0.0119. The Morgan fingerprint density at radius 1 is 1.00 bits per heavy atom. The molecule has 0 unspecified atom stereocenters. The lowest BCUT2D eigenvalue weighted by Crippen LogP contribution is -2.15. The van der Waals surface area contributed by atoms with Gasteiger partial charge in [0.1, 0.15) is 0 Å². The smallest absolute Gasteiger partial charge is 0.356 e. The topological polar surface area (TPSA) is 58.2 Å². The van der Waals surface area contributed by atoms with Crippen molar-refractivity contribution >= 4 is 38.7 Å². The van der Waals surface area contributed by atoms with Gasteiger partial charge < -0.3 is 5.32 Å². The van der Waals surface area contributed by atoms with Gasteiger partial charge >= 0.3 is 6.18 Å². The monoisotopic (exact) mass is 392 g/mol. The molecule has 0 bridgehead atoms. The molecule has 136 valence electrons. The van der Waals surface area contributed by atoms with Crippen molar-refractivity contribution in [1.82, 2.24) is 0 Å². The molecule has 0 atom stereocenters. The van der Waals surface area contributed by atoms with Crippen molar-refractivity contribution < 1.29 is 21.6 Å². The Morgan fingerprint density at radius 3 is 2.12 bits per heavy atom. The summed E-state index contributed by atoms with van der Waals surface area (Å²) in [6.07, 6.45) is -4.05. The molecular weight excluding hydrogens is 377 g/mol. The maximum atomic E-state index is 12.9. The molecule has 2 rings (SSSR count). The van der Waals surface area contributed by atoms with E-state index >= 15 is 0 Å². The molecule has 0 spiro atoms. The first kappa shape index (κ1) is 19.4. The van der Waals surface area contributed by atoms with Gasteiger partial charge in [0.2, 0.25) is 10.0 Å². The SMILES string of the molecule is CCCS(=O)(=O)Nc1ccc(Nc2ccc(Cl)c(C(F)(F)F)c2)cc1. The number of benzene rings is 2. The number of anilines is 3. The fourth-order valence-corrected chi connectivity index (χ4v) is 3.47. The quantitative estimate of drug-likeness (QED) is 0.705. The molecule has 2 N–H and O–H groups in total. The van der Waals surface area contributed by atoms with Crippen LogP contribution in [0.4, 0.5) is 30.2 Å². The van der Waals surface area contributed by atoms with Gasteiger partial charge in [-0.15, -0.1) is 0 Å². The van der Waals surface area contributed by atoms with Gasteiger partial charge in [0, 0.05) is 17.1 Å². The Labute approximate surface area is 149 Å². The molecular formula is C16H16ClF3N2O2S. The minimum absolute atomic E-state index is 0.0119. The second-order valence-electron chi connectivity index (χ2n) is 5.32. The summed E-state index contributed by atoms with van der Waals surface area (Å²) >= 11 is 5.58. The number of rotatable bonds is 6. The fraction of sp³-hybridized carbons (Fsp3) is 0.250. The van der Waals surface area contributed by atoms with Crippen LogP contribution in [-0.2, 0) is 16.2 Å². The van der Waals surface area contributed by atoms with Crippen molar-refractivity contribution in [2.75, 3.05) is 15.8 Å². The van der Waals surface area contributed by atoms with Crippen molar-refractivity contribution in [1.29, 1.82) is 0 Å². The second kappa shape index (κ2) is 7.53. The molecule has 0 saturated heterocycles. The second-order valence-corrected chi connectivity index (χ2v) is 7.56. The highest BCUT2D eigenvalue weighted by molar-refractivity contribution is 7.92. The van der Waals surface area contributed by atoms with Crippen LogP contribution in [-0.4, -0.2) is 14.2 Å². The molecule has 0 aliphatic rings. The van der Waals surface area contributed by atoms with E-state index in [0.29, 0.717) is 17.8 Å². The first-order valence-corrected chi connectivity index (χ1v) is 9.38. The number of alkyl halides is 3. The number of halogens is 4. The van der Waals surface area contributed by atoms with Crippen LogP contribution in [0.1, 0.15) is 18.9 Å². The molecule has 25 heavy (non-hydrogen) atoms. The summed E-state index contributed by atoms with van der Waals surface area (Å²) in [4.78, 5) is 0. The summed E-state index contributed by atoms with van der Waals surface area (Å²) in [6.45, 7) is 1.76. The minimum atomic E-state index is -4.55. The third kappa shape index (κ3) is 5.54. The van der Waals surface area contributed by atoms with Crippen molar-refractivity contribution in [3.63, 3.8) is 0 Å². The highest BCUT2D eigenvalue weighted by atomic mass is 35.5. The van der Waals surface area contributed by atoms with E-state index in [1.165, 1.54) is 24.3 Å². The van der Waals surface area contributed by atoms with Crippen LogP contribution in [0.25, 0.3) is 0 Å². The van der Waals surface area contributed by atoms with E-state index in [2.05, 4.69) is 10.0 Å². The van der Waals surface area contributed by atoms with Crippen molar-refractivity contribution in [2.24, 2.45) is 0 Å². The highest BCUT2D eigenvalue weighted by Gasteiger charge is 2.33. The summed E-state index contributed by atoms with van der Waals surface area (Å²) in [5.41, 5.74) is 0.180. The largest absolute Gasteiger partial charge is 0.417 e. The molecule has 2 aromatic carbocycles. The van der Waals surface area contributed by atoms with E-state index in [1.54, 1.807) is 19.1 Å². The van der Waals surface area contributed by atoms with Crippen molar-refractivity contribution in [2.45, 2.75) is 19.5 Å². The van der Waals surface area contributed by atoms with E-state index in [4.69, 9.17) is 11.6 Å². The molecule has 4 nitrogen and oxygen atoms in total. The zero-order valence-corrected chi connectivity index (χ0v) is 14.8. The molecule has 9 heteroatoms. The van der Waals surface area contributed by atoms with E-state index in [1.807, 2.05) is 0 Å². The van der Waals surface area contributed by atoms with E-state index in [0.717, 1.165) is 6.07 Å². The number of nitrogens with one attached hydrogen (secondary N) is 2. The van der Waals surface area contributed by atoms with Crippen LogP contribution in [0.2, 0.25) is 5.02 Å². The Hall–Kier alpha value is -1.93. The van der Waals surface area contributed by atoms with Gasteiger partial charge in [-0.1, -0.05) is 18.5 Å². The first-order chi connectivity index (χ1) is 11.6. The minimum Gasteiger partial charge on any atom is -0.356 e. The van der Waals surface area contributed by atoms with Gasteiger partial charge in [0.25, 0.3) is 0 Å². The zero-order valence-electron chi connectivity index (χ0n) is 13.2. The third-order valence-corrected chi connectivity index (χ3v) is 5.01. The zero-order chi connectivity index (χ0) is 18.7. The van der Waals surface area contributed by atoms with Crippen LogP contribution in [0.15, 0.2) is 42.5 Å². The molecule has 0 amide bonds. The average Bonchev–Trinajstić information content (AvgIpc) is 2.49. The lowest BCUT2D eigenvalue weighted by atomic mass is 10.2. The van der Waals surface area contributed by atoms with E-state index < -0.39 is 21.8 Å². The van der Waals surface area contributed by atoms with Crippen LogP contribution < -0.4 is 10.0 Å². The number of hydrogen-bond acceptors (Lipinski definition) is 3. The van der Waals surface area contributed by atoms with E-state index in [9.17, 15) is 21.6 Å². The van der Waals surface area contributed by atoms with Gasteiger partial charge in [-0.25, -0.2) is 8.42 Å². The molecule has 0 fully saturated rings. The number of hydrogen-bond donors (Lipinski definition) is 2. The molecule has 2 aromatic rings. The Bertz CT molecular complexity index is 837. The molecule has 0 heterocycles. The molecule has 0 aliphatic heterocycles. The molecule has 0 radical (unpaired) electrons. The summed E-state index contributed by atoms with van der Waals surface area (Å²) in [5, 5.41) is 2.45. The summed E-state index contributed by atoms with van der Waals surface area (Å²) in [6, 6.07) is 9.68. The normalized spacial score (nSPS) is 12.0. The molecule has 0 saturated carbocycles. The van der Waals surface area contributed by atoms with Gasteiger partial charge in [-0.05, 0) is 48.9 Å². The van der Waals surface area contributed by atoms with Crippen LogP contribution in [0.3, 0.4) is 0 Å². The summed E-state index contributed by atoms with van der Waals surface area (Å²) < 4.78 is 64.4. The molecule has 0 aromatic heterocycles. The molecule has 0 aliphatic carbocycles. The fourth-order valence-electron chi connectivity index (χ4n) is 2.11. The van der Waals surface area contributed by atoms with Crippen LogP contribution in [0.5, 0.6) is 0 Å². The number of sulfonamides is 1. The van der Waals surface area contributed by atoms with Gasteiger partial charge in [-0.2, -0.15) is 13.2 Å². The maximum absolute atomic E-state index is 12.9. The average molecular weight is 393 g/mol. The Morgan fingerprint density at radius 2 is 1.56 bits per heavy atom. The van der Waals surface area contributed by atoms with Crippen molar-refractivity contribution in [3.8, 4) is 0 Å². The van der Waals surface area contributed by atoms with Gasteiger partial charge in [-0.3, -0.25) is 4.72 Å². The van der Waals surface area contributed by atoms with Crippen LogP contribution in [0, 0.1) is 0 Å². The Kier molecular flexibility index (Phi) is 5.84. The van der Waals surface area contributed by atoms with Gasteiger partial charge in [0.05, 0.1) is 16.3 Å². The maximum Gasteiger partial charge on any atom is 0.417 e. The standard InChI is InChI=1S/C16H16ClF3N2O2S/c1-2-9-25(23,24)22-12-5-3-11(4-6-12)21-13-7-8-15(17)14(10-13)16(18,19)20/h3-8,10,21-22H,2,9H2,1H3. The lowest BCUT2D eigenvalue weighted by Gasteiger charge is -2.13. The van der Waals surface area contributed by atoms with Crippen molar-refractivity contribution in [3.05, 3.63) is 53.1 Å². The van der Waals surface area contributed by atoms with Crippen LogP contribution >= 0.6 is 11.6 Å². The highest BCUT2D eigenvalue weighted by Crippen LogP contribution is 2.36. The predicted octanol–water partition coefficient (Wildman–Crippen LogP) is 5.25. The summed E-state index contributed by atoms with van der Waals surface area (Å²) in [7, 11) is -3.39. The Balaban J connectivity index is 2.14.